The van der Waals surface area contributed by atoms with Crippen LogP contribution in [0.4, 0.5) is 5.69 Å². The summed E-state index contributed by atoms with van der Waals surface area (Å²) in [6, 6.07) is 7.37. The monoisotopic (exact) mass is 255 g/mol. The first kappa shape index (κ1) is 11.1. The number of anilines is 1. The van der Waals surface area contributed by atoms with Crippen LogP contribution in [0.25, 0.3) is 16.9 Å². The molecule has 0 aliphatic rings. The summed E-state index contributed by atoms with van der Waals surface area (Å²) in [5.41, 5.74) is 6.92. The van der Waals surface area contributed by atoms with Gasteiger partial charge in [0.15, 0.2) is 11.5 Å². The number of carboxylic acids is 1. The number of rotatable bonds is 2. The van der Waals surface area contributed by atoms with Crippen LogP contribution in [0.1, 0.15) is 10.5 Å². The maximum absolute atomic E-state index is 10.9. The molecule has 3 aromatic rings. The van der Waals surface area contributed by atoms with Crippen molar-refractivity contribution in [2.75, 3.05) is 5.73 Å². The molecule has 0 fully saturated rings. The van der Waals surface area contributed by atoms with Gasteiger partial charge in [0.05, 0.1) is 29.1 Å². The van der Waals surface area contributed by atoms with Crippen molar-refractivity contribution in [2.45, 2.75) is 0 Å². The Balaban J connectivity index is 2.13. The van der Waals surface area contributed by atoms with E-state index in [0.717, 1.165) is 5.52 Å². The lowest BCUT2D eigenvalue weighted by molar-refractivity contribution is 0.0691. The van der Waals surface area contributed by atoms with Gasteiger partial charge in [-0.1, -0.05) is 12.1 Å². The summed E-state index contributed by atoms with van der Waals surface area (Å²) in [4.78, 5) is 19.5. The molecule has 0 aliphatic carbocycles. The van der Waals surface area contributed by atoms with E-state index in [9.17, 15) is 4.79 Å². The highest BCUT2D eigenvalue weighted by Crippen LogP contribution is 2.15. The molecular formula is C12H9N5O2. The van der Waals surface area contributed by atoms with Crippen LogP contribution in [-0.4, -0.2) is 30.8 Å². The molecule has 0 atom stereocenters. The van der Waals surface area contributed by atoms with Gasteiger partial charge in [0.25, 0.3) is 0 Å². The summed E-state index contributed by atoms with van der Waals surface area (Å²) >= 11 is 0. The normalized spacial score (nSPS) is 10.7. The maximum atomic E-state index is 10.9. The van der Waals surface area contributed by atoms with Crippen LogP contribution in [0.2, 0.25) is 0 Å². The zero-order chi connectivity index (χ0) is 13.4. The van der Waals surface area contributed by atoms with Crippen LogP contribution in [0.3, 0.4) is 0 Å². The number of nitrogen functional groups attached to an aromatic ring is 1. The molecular weight excluding hydrogens is 246 g/mol. The first-order chi connectivity index (χ1) is 9.15. The van der Waals surface area contributed by atoms with E-state index >= 15 is 0 Å². The van der Waals surface area contributed by atoms with Gasteiger partial charge in [0.1, 0.15) is 0 Å². The molecule has 7 heteroatoms. The first-order valence-corrected chi connectivity index (χ1v) is 5.46. The third-order valence-electron chi connectivity index (χ3n) is 2.62. The summed E-state index contributed by atoms with van der Waals surface area (Å²) < 4.78 is 1.30. The van der Waals surface area contributed by atoms with Crippen molar-refractivity contribution in [3.8, 4) is 5.82 Å². The molecule has 2 aromatic heterocycles. The van der Waals surface area contributed by atoms with Gasteiger partial charge in [0, 0.05) is 0 Å². The molecule has 0 aliphatic heterocycles. The van der Waals surface area contributed by atoms with Crippen molar-refractivity contribution in [1.82, 2.24) is 19.7 Å². The fourth-order valence-corrected chi connectivity index (χ4v) is 1.73. The number of benzene rings is 1. The Hall–Kier alpha value is -2.96. The van der Waals surface area contributed by atoms with E-state index in [2.05, 4.69) is 15.1 Å². The minimum absolute atomic E-state index is 0.0856. The Bertz CT molecular complexity index is 781. The highest BCUT2D eigenvalue weighted by Gasteiger charge is 2.14. The summed E-state index contributed by atoms with van der Waals surface area (Å²) in [5, 5.41) is 12.8. The topological polar surface area (TPSA) is 107 Å². The second-order valence-corrected chi connectivity index (χ2v) is 3.90. The number of hydrogen-bond acceptors (Lipinski definition) is 5. The van der Waals surface area contributed by atoms with Crippen molar-refractivity contribution < 1.29 is 9.90 Å². The zero-order valence-corrected chi connectivity index (χ0v) is 9.69. The molecule has 94 valence electrons. The van der Waals surface area contributed by atoms with Gasteiger partial charge in [-0.2, -0.15) is 5.10 Å². The molecule has 2 heterocycles. The number of carbonyl (C=O) groups is 1. The van der Waals surface area contributed by atoms with Crippen LogP contribution in [-0.2, 0) is 0 Å². The Morgan fingerprint density at radius 1 is 1.26 bits per heavy atom. The average molecular weight is 255 g/mol. The number of fused-ring (bicyclic) bond motifs is 1. The highest BCUT2D eigenvalue weighted by molar-refractivity contribution is 5.91. The Morgan fingerprint density at radius 2 is 2.00 bits per heavy atom. The largest absolute Gasteiger partial charge is 0.476 e. The van der Waals surface area contributed by atoms with Crippen molar-refractivity contribution in [3.63, 3.8) is 0 Å². The number of hydrogen-bond donors (Lipinski definition) is 2. The van der Waals surface area contributed by atoms with E-state index in [1.54, 1.807) is 0 Å². The number of para-hydroxylation sites is 2. The van der Waals surface area contributed by atoms with Gasteiger partial charge in [-0.15, -0.1) is 0 Å². The standard InChI is InChI=1S/C12H9N5O2/c13-7-6-17(16-11(7)12(18)19)10-5-14-8-3-1-2-4-9(8)15-10/h1-6H,13H2,(H,18,19). The smallest absolute Gasteiger partial charge is 0.358 e. The molecule has 0 bridgehead atoms. The minimum Gasteiger partial charge on any atom is -0.476 e. The molecule has 19 heavy (non-hydrogen) atoms. The molecule has 0 radical (unpaired) electrons. The summed E-state index contributed by atoms with van der Waals surface area (Å²) in [6.07, 6.45) is 2.92. The number of carboxylic acid groups (broad SMARTS) is 1. The zero-order valence-electron chi connectivity index (χ0n) is 9.69. The van der Waals surface area contributed by atoms with Gasteiger partial charge in [-0.05, 0) is 12.1 Å². The van der Waals surface area contributed by atoms with Crippen molar-refractivity contribution in [2.24, 2.45) is 0 Å². The van der Waals surface area contributed by atoms with E-state index in [1.165, 1.54) is 17.1 Å². The fourth-order valence-electron chi connectivity index (χ4n) is 1.73. The molecule has 0 amide bonds. The van der Waals surface area contributed by atoms with Gasteiger partial charge in [-0.3, -0.25) is 4.98 Å². The minimum atomic E-state index is -1.18. The van der Waals surface area contributed by atoms with Crippen LogP contribution in [0.5, 0.6) is 0 Å². The van der Waals surface area contributed by atoms with E-state index in [1.807, 2.05) is 24.3 Å². The van der Waals surface area contributed by atoms with Crippen molar-refractivity contribution in [1.29, 1.82) is 0 Å². The number of nitrogens with two attached hydrogens (primary N) is 1. The maximum Gasteiger partial charge on any atom is 0.358 e. The number of aromatic nitrogens is 4. The summed E-state index contributed by atoms with van der Waals surface area (Å²) in [6.45, 7) is 0. The van der Waals surface area contributed by atoms with Gasteiger partial charge >= 0.3 is 5.97 Å². The second-order valence-electron chi connectivity index (χ2n) is 3.90. The molecule has 3 rings (SSSR count). The van der Waals surface area contributed by atoms with Crippen molar-refractivity contribution >= 4 is 22.7 Å². The Kier molecular flexibility index (Phi) is 2.38. The average Bonchev–Trinajstić information content (AvgIpc) is 2.80. The first-order valence-electron chi connectivity index (χ1n) is 5.46. The lowest BCUT2D eigenvalue weighted by Crippen LogP contribution is -2.04. The van der Waals surface area contributed by atoms with Crippen LogP contribution in [0.15, 0.2) is 36.7 Å². The molecule has 0 saturated heterocycles. The molecule has 1 aromatic carbocycles. The van der Waals surface area contributed by atoms with E-state index in [0.29, 0.717) is 11.3 Å². The van der Waals surface area contributed by atoms with Gasteiger partial charge in [-0.25, -0.2) is 14.5 Å². The van der Waals surface area contributed by atoms with E-state index in [4.69, 9.17) is 10.8 Å². The predicted molar refractivity (Wildman–Crippen MR) is 68.0 cm³/mol. The molecule has 0 unspecified atom stereocenters. The van der Waals surface area contributed by atoms with E-state index < -0.39 is 5.97 Å². The number of nitrogens with zero attached hydrogens (tertiary/aromatic N) is 4. The van der Waals surface area contributed by atoms with Crippen LogP contribution >= 0.6 is 0 Å². The van der Waals surface area contributed by atoms with Crippen LogP contribution in [0, 0.1) is 0 Å². The Labute approximate surface area is 107 Å². The summed E-state index contributed by atoms with van der Waals surface area (Å²) in [7, 11) is 0. The summed E-state index contributed by atoms with van der Waals surface area (Å²) in [5.74, 6) is -0.761. The molecule has 0 spiro atoms. The molecule has 3 N–H and O–H groups in total. The number of aromatic carboxylic acids is 1. The Morgan fingerprint density at radius 3 is 2.68 bits per heavy atom. The van der Waals surface area contributed by atoms with Crippen molar-refractivity contribution in [3.05, 3.63) is 42.4 Å². The lowest BCUT2D eigenvalue weighted by atomic mass is 10.3. The van der Waals surface area contributed by atoms with Gasteiger partial charge in [0.2, 0.25) is 0 Å². The SMILES string of the molecule is Nc1cn(-c2cnc3ccccc3n2)nc1C(=O)O. The molecule has 7 nitrogen and oxygen atoms in total. The lowest BCUT2D eigenvalue weighted by Gasteiger charge is -2.01. The molecule has 0 saturated carbocycles. The third kappa shape index (κ3) is 1.86. The quantitative estimate of drug-likeness (QED) is 0.710. The second kappa shape index (κ2) is 4.05. The third-order valence-corrected chi connectivity index (χ3v) is 2.62. The van der Waals surface area contributed by atoms with Crippen LogP contribution < -0.4 is 5.73 Å². The fraction of sp³-hybridized carbons (Fsp3) is 0. The van der Waals surface area contributed by atoms with Gasteiger partial charge < -0.3 is 10.8 Å². The van der Waals surface area contributed by atoms with E-state index in [-0.39, 0.29) is 11.4 Å². The predicted octanol–water partition coefficient (Wildman–Crippen LogP) is 1.10. The highest BCUT2D eigenvalue weighted by atomic mass is 16.4.